The van der Waals surface area contributed by atoms with Crippen molar-refractivity contribution in [3.05, 3.63) is 59.7 Å². The molecule has 2 aromatic rings. The quantitative estimate of drug-likeness (QED) is 0.681. The number of benzene rings is 2. The molecular formula is C18H22Se2. The van der Waals surface area contributed by atoms with Gasteiger partial charge in [0.25, 0.3) is 0 Å². The first kappa shape index (κ1) is 15.9. The third-order valence-electron chi connectivity index (χ3n) is 3.33. The van der Waals surface area contributed by atoms with E-state index in [0.717, 1.165) is 0 Å². The van der Waals surface area contributed by atoms with Crippen LogP contribution in [0.25, 0.3) is 0 Å². The third kappa shape index (κ3) is 4.50. The van der Waals surface area contributed by atoms with Crippen molar-refractivity contribution in [3.8, 4) is 0 Å². The van der Waals surface area contributed by atoms with Crippen molar-refractivity contribution in [2.75, 3.05) is 0 Å². The van der Waals surface area contributed by atoms with Gasteiger partial charge in [0, 0.05) is 0 Å². The molecule has 106 valence electrons. The van der Waals surface area contributed by atoms with Crippen LogP contribution in [0, 0.1) is 0 Å². The van der Waals surface area contributed by atoms with Crippen molar-refractivity contribution in [1.82, 2.24) is 0 Å². The van der Waals surface area contributed by atoms with Crippen LogP contribution in [0.4, 0.5) is 0 Å². The average Bonchev–Trinajstić information content (AvgIpc) is 2.46. The van der Waals surface area contributed by atoms with Gasteiger partial charge < -0.3 is 0 Å². The average molecular weight is 396 g/mol. The second-order valence-electron chi connectivity index (χ2n) is 5.61. The molecule has 0 atom stereocenters. The summed E-state index contributed by atoms with van der Waals surface area (Å²) in [6, 6.07) is 18.4. The fraction of sp³-hybridized carbons (Fsp3) is 0.333. The molecule has 0 N–H and O–H groups in total. The van der Waals surface area contributed by atoms with Crippen LogP contribution in [-0.4, -0.2) is 26.3 Å². The van der Waals surface area contributed by atoms with E-state index in [1.54, 1.807) is 0 Å². The van der Waals surface area contributed by atoms with Gasteiger partial charge in [0.05, 0.1) is 0 Å². The van der Waals surface area contributed by atoms with E-state index >= 15 is 0 Å². The van der Waals surface area contributed by atoms with Gasteiger partial charge >= 0.3 is 134 Å². The predicted octanol–water partition coefficient (Wildman–Crippen LogP) is 3.21. The summed E-state index contributed by atoms with van der Waals surface area (Å²) in [5.74, 6) is 1.26. The fourth-order valence-corrected chi connectivity index (χ4v) is 7.87. The van der Waals surface area contributed by atoms with Crippen LogP contribution in [0.3, 0.4) is 0 Å². The van der Waals surface area contributed by atoms with E-state index in [1.807, 2.05) is 0 Å². The first-order chi connectivity index (χ1) is 9.56. The van der Waals surface area contributed by atoms with Crippen molar-refractivity contribution in [3.63, 3.8) is 0 Å². The summed E-state index contributed by atoms with van der Waals surface area (Å²) in [7, 11) is 0. The molecule has 0 radical (unpaired) electrons. The summed E-state index contributed by atoms with van der Waals surface area (Å²) in [5, 5.41) is 0. The molecule has 0 aliphatic carbocycles. The zero-order chi connectivity index (χ0) is 14.5. The van der Waals surface area contributed by atoms with E-state index in [-0.39, 0.29) is 0 Å². The van der Waals surface area contributed by atoms with Gasteiger partial charge in [-0.05, 0) is 0 Å². The molecule has 0 bridgehead atoms. The van der Waals surface area contributed by atoms with Crippen LogP contribution in [-0.2, 0) is 0 Å². The SMILES string of the molecule is CC(C)c1ccc([Se][Se]c2ccc(C(C)C)cc2)cc1. The van der Waals surface area contributed by atoms with Crippen LogP contribution in [0.1, 0.15) is 50.7 Å². The van der Waals surface area contributed by atoms with E-state index in [4.69, 9.17) is 0 Å². The van der Waals surface area contributed by atoms with Gasteiger partial charge in [-0.3, -0.25) is 0 Å². The topological polar surface area (TPSA) is 0 Å². The molecule has 0 aromatic heterocycles. The molecule has 2 aromatic carbocycles. The Hall–Kier alpha value is -0.521. The number of hydrogen-bond donors (Lipinski definition) is 0. The Kier molecular flexibility index (Phi) is 5.93. The summed E-state index contributed by atoms with van der Waals surface area (Å²) in [4.78, 5) is 0. The van der Waals surface area contributed by atoms with E-state index in [1.165, 1.54) is 20.1 Å². The molecule has 0 amide bonds. The Balaban J connectivity index is 1.94. The maximum atomic E-state index is 2.32. The summed E-state index contributed by atoms with van der Waals surface area (Å²) in [6.45, 7) is 9.00. The summed E-state index contributed by atoms with van der Waals surface area (Å²) in [6.07, 6.45) is 0. The van der Waals surface area contributed by atoms with E-state index in [9.17, 15) is 0 Å². The number of rotatable bonds is 5. The monoisotopic (exact) mass is 398 g/mol. The zero-order valence-electron chi connectivity index (χ0n) is 12.6. The molecule has 0 aliphatic heterocycles. The molecular weight excluding hydrogens is 374 g/mol. The van der Waals surface area contributed by atoms with E-state index in [2.05, 4.69) is 76.2 Å². The standard InChI is InChI=1S/C18H22Se2/c1-13(2)15-5-9-17(10-6-15)19-20-18-11-7-16(8-12-18)14(3)4/h5-14H,1-4H3. The first-order valence-corrected chi connectivity index (χ1v) is 13.2. The molecule has 2 heteroatoms. The Labute approximate surface area is 134 Å². The Morgan fingerprint density at radius 1 is 0.550 bits per heavy atom. The summed E-state index contributed by atoms with van der Waals surface area (Å²) >= 11 is 1.20. The molecule has 0 fully saturated rings. The van der Waals surface area contributed by atoms with E-state index in [0.29, 0.717) is 38.1 Å². The molecule has 0 unspecified atom stereocenters. The molecule has 0 spiro atoms. The normalized spacial score (nSPS) is 11.3. The van der Waals surface area contributed by atoms with Crippen LogP contribution >= 0.6 is 0 Å². The summed E-state index contributed by atoms with van der Waals surface area (Å²) < 4.78 is 3.05. The molecule has 20 heavy (non-hydrogen) atoms. The van der Waals surface area contributed by atoms with Crippen molar-refractivity contribution in [2.24, 2.45) is 0 Å². The molecule has 0 saturated carbocycles. The fourth-order valence-electron chi connectivity index (χ4n) is 1.91. The van der Waals surface area contributed by atoms with Crippen LogP contribution in [0.15, 0.2) is 48.5 Å². The van der Waals surface area contributed by atoms with Gasteiger partial charge in [0.2, 0.25) is 0 Å². The van der Waals surface area contributed by atoms with Crippen LogP contribution in [0.2, 0.25) is 0 Å². The Morgan fingerprint density at radius 2 is 0.850 bits per heavy atom. The third-order valence-corrected chi connectivity index (χ3v) is 10.6. The van der Waals surface area contributed by atoms with Crippen molar-refractivity contribution < 1.29 is 0 Å². The molecule has 0 aliphatic rings. The van der Waals surface area contributed by atoms with Crippen LogP contribution < -0.4 is 8.92 Å². The predicted molar refractivity (Wildman–Crippen MR) is 91.8 cm³/mol. The molecule has 2 rings (SSSR count). The van der Waals surface area contributed by atoms with Crippen LogP contribution in [0.5, 0.6) is 0 Å². The second-order valence-corrected chi connectivity index (χ2v) is 11.9. The van der Waals surface area contributed by atoms with Gasteiger partial charge in [-0.25, -0.2) is 0 Å². The Morgan fingerprint density at radius 3 is 1.10 bits per heavy atom. The molecule has 0 heterocycles. The molecule has 0 saturated heterocycles. The van der Waals surface area contributed by atoms with Crippen molar-refractivity contribution in [2.45, 2.75) is 39.5 Å². The van der Waals surface area contributed by atoms with Gasteiger partial charge in [0.15, 0.2) is 0 Å². The Bertz CT molecular complexity index is 473. The second kappa shape index (κ2) is 7.48. The van der Waals surface area contributed by atoms with Gasteiger partial charge in [-0.2, -0.15) is 0 Å². The first-order valence-electron chi connectivity index (χ1n) is 7.10. The van der Waals surface area contributed by atoms with Gasteiger partial charge in [-0.15, -0.1) is 0 Å². The number of hydrogen-bond acceptors (Lipinski definition) is 0. The van der Waals surface area contributed by atoms with Crippen molar-refractivity contribution >= 4 is 35.2 Å². The minimum atomic E-state index is 0.599. The molecule has 0 nitrogen and oxygen atoms in total. The van der Waals surface area contributed by atoms with E-state index < -0.39 is 0 Å². The van der Waals surface area contributed by atoms with Gasteiger partial charge in [-0.1, -0.05) is 0 Å². The minimum absolute atomic E-state index is 0.599. The van der Waals surface area contributed by atoms with Crippen molar-refractivity contribution in [1.29, 1.82) is 0 Å². The zero-order valence-corrected chi connectivity index (χ0v) is 16.0. The maximum absolute atomic E-state index is 2.32. The van der Waals surface area contributed by atoms with Gasteiger partial charge in [0.1, 0.15) is 0 Å². The summed E-state index contributed by atoms with van der Waals surface area (Å²) in [5.41, 5.74) is 2.89.